The van der Waals surface area contributed by atoms with Gasteiger partial charge in [-0.15, -0.1) is 0 Å². The van der Waals surface area contributed by atoms with Crippen LogP contribution < -0.4 is 0 Å². The lowest BCUT2D eigenvalue weighted by molar-refractivity contribution is 0.148. The Morgan fingerprint density at radius 3 is 2.04 bits per heavy atom. The van der Waals surface area contributed by atoms with Crippen LogP contribution in [0.5, 0.6) is 0 Å². The fraction of sp³-hybridized carbons (Fsp3) is 0.714. The molecule has 2 aliphatic carbocycles. The highest BCUT2D eigenvalue weighted by Gasteiger charge is 2.29. The van der Waals surface area contributed by atoms with E-state index in [4.69, 9.17) is 0 Å². The van der Waals surface area contributed by atoms with Gasteiger partial charge in [0.05, 0.1) is 0 Å². The maximum absolute atomic E-state index is 13.3. The number of aryl methyl sites for hydroxylation is 1. The Hall–Kier alpha value is -0.920. The zero-order valence-corrected chi connectivity index (χ0v) is 14.4. The van der Waals surface area contributed by atoms with Gasteiger partial charge in [0.15, 0.2) is 11.6 Å². The smallest absolute Gasteiger partial charge is 0.159 e. The van der Waals surface area contributed by atoms with Crippen molar-refractivity contribution in [2.75, 3.05) is 0 Å². The van der Waals surface area contributed by atoms with Crippen LogP contribution in [0.4, 0.5) is 8.78 Å². The molecule has 2 saturated carbocycles. The summed E-state index contributed by atoms with van der Waals surface area (Å²) in [5, 5.41) is 0. The monoisotopic (exact) mass is 320 g/mol. The highest BCUT2D eigenvalue weighted by atomic mass is 19.2. The Morgan fingerprint density at radius 2 is 1.43 bits per heavy atom. The summed E-state index contributed by atoms with van der Waals surface area (Å²) in [7, 11) is 0. The Morgan fingerprint density at radius 1 is 0.826 bits per heavy atom. The lowest BCUT2D eigenvalue weighted by atomic mass is 9.69. The molecule has 0 N–H and O–H groups in total. The van der Waals surface area contributed by atoms with E-state index in [1.807, 2.05) is 0 Å². The normalized spacial score (nSPS) is 32.0. The molecule has 0 aromatic heterocycles. The molecular formula is C21H30F2. The van der Waals surface area contributed by atoms with Crippen LogP contribution >= 0.6 is 0 Å². The Kier molecular flexibility index (Phi) is 5.71. The van der Waals surface area contributed by atoms with E-state index in [0.29, 0.717) is 0 Å². The van der Waals surface area contributed by atoms with E-state index in [0.717, 1.165) is 42.1 Å². The van der Waals surface area contributed by atoms with Gasteiger partial charge in [0.2, 0.25) is 0 Å². The molecule has 23 heavy (non-hydrogen) atoms. The van der Waals surface area contributed by atoms with Crippen molar-refractivity contribution in [2.45, 2.75) is 71.1 Å². The second-order valence-electron chi connectivity index (χ2n) is 8.09. The van der Waals surface area contributed by atoms with Crippen LogP contribution in [0.15, 0.2) is 18.2 Å². The quantitative estimate of drug-likeness (QED) is 0.591. The second kappa shape index (κ2) is 7.77. The summed E-state index contributed by atoms with van der Waals surface area (Å²) in [5.41, 5.74) is 0.937. The standard InChI is InChI=1S/C21H30F2/c1-15-2-9-18(10-3-15)19-11-6-16(7-12-19)4-5-17-8-13-20(22)21(23)14-17/h8,13-16,18-19H,2-7,9-12H2,1H3. The molecule has 2 fully saturated rings. The van der Waals surface area contributed by atoms with Crippen LogP contribution in [0, 0.1) is 35.3 Å². The van der Waals surface area contributed by atoms with Gasteiger partial charge < -0.3 is 0 Å². The van der Waals surface area contributed by atoms with Crippen LogP contribution in [-0.4, -0.2) is 0 Å². The summed E-state index contributed by atoms with van der Waals surface area (Å²) in [4.78, 5) is 0. The highest BCUT2D eigenvalue weighted by molar-refractivity contribution is 5.17. The first-order chi connectivity index (χ1) is 11.1. The number of hydrogen-bond donors (Lipinski definition) is 0. The predicted octanol–water partition coefficient (Wildman–Crippen LogP) is 6.53. The molecule has 2 heteroatoms. The van der Waals surface area contributed by atoms with Crippen LogP contribution in [0.3, 0.4) is 0 Å². The number of benzene rings is 1. The van der Waals surface area contributed by atoms with Crippen LogP contribution in [0.25, 0.3) is 0 Å². The number of hydrogen-bond acceptors (Lipinski definition) is 0. The topological polar surface area (TPSA) is 0 Å². The van der Waals surface area contributed by atoms with Gasteiger partial charge in [-0.05, 0) is 79.9 Å². The minimum Gasteiger partial charge on any atom is -0.204 e. The molecule has 0 radical (unpaired) electrons. The largest absolute Gasteiger partial charge is 0.204 e. The minimum atomic E-state index is -0.740. The van der Waals surface area contributed by atoms with Crippen molar-refractivity contribution in [2.24, 2.45) is 23.7 Å². The first kappa shape index (κ1) is 16.9. The Labute approximate surface area is 139 Å². The van der Waals surface area contributed by atoms with Crippen LogP contribution in [-0.2, 0) is 6.42 Å². The van der Waals surface area contributed by atoms with E-state index in [2.05, 4.69) is 6.92 Å². The van der Waals surface area contributed by atoms with Crippen molar-refractivity contribution in [3.8, 4) is 0 Å². The lowest BCUT2D eigenvalue weighted by Gasteiger charge is -2.37. The summed E-state index contributed by atoms with van der Waals surface area (Å²) >= 11 is 0. The molecule has 0 bridgehead atoms. The van der Waals surface area contributed by atoms with E-state index in [9.17, 15) is 8.78 Å². The lowest BCUT2D eigenvalue weighted by Crippen LogP contribution is -2.25. The molecule has 2 aliphatic rings. The van der Waals surface area contributed by atoms with Gasteiger partial charge in [-0.25, -0.2) is 8.78 Å². The van der Waals surface area contributed by atoms with Gasteiger partial charge in [0, 0.05) is 0 Å². The molecule has 0 spiro atoms. The van der Waals surface area contributed by atoms with Gasteiger partial charge in [0.25, 0.3) is 0 Å². The van der Waals surface area contributed by atoms with Crippen LogP contribution in [0.1, 0.15) is 70.3 Å². The molecule has 0 atom stereocenters. The molecule has 0 nitrogen and oxygen atoms in total. The summed E-state index contributed by atoms with van der Waals surface area (Å²) in [5.74, 6) is 2.22. The van der Waals surface area contributed by atoms with E-state index < -0.39 is 11.6 Å². The van der Waals surface area contributed by atoms with E-state index in [1.54, 1.807) is 6.07 Å². The van der Waals surface area contributed by atoms with Gasteiger partial charge >= 0.3 is 0 Å². The average Bonchev–Trinajstić information content (AvgIpc) is 2.57. The van der Waals surface area contributed by atoms with Crippen molar-refractivity contribution in [1.29, 1.82) is 0 Å². The Bertz CT molecular complexity index is 495. The SMILES string of the molecule is CC1CCC(C2CCC(CCc3ccc(F)c(F)c3)CC2)CC1. The molecule has 128 valence electrons. The fourth-order valence-corrected chi connectivity index (χ4v) is 4.77. The molecule has 3 rings (SSSR count). The zero-order chi connectivity index (χ0) is 16.2. The number of halogens is 2. The molecule has 1 aromatic carbocycles. The van der Waals surface area contributed by atoms with Crippen molar-refractivity contribution < 1.29 is 8.78 Å². The number of rotatable bonds is 4. The molecule has 0 unspecified atom stereocenters. The minimum absolute atomic E-state index is 0.710. The van der Waals surface area contributed by atoms with Crippen molar-refractivity contribution in [1.82, 2.24) is 0 Å². The van der Waals surface area contributed by atoms with E-state index >= 15 is 0 Å². The molecular weight excluding hydrogens is 290 g/mol. The highest BCUT2D eigenvalue weighted by Crippen LogP contribution is 2.42. The second-order valence-corrected chi connectivity index (χ2v) is 8.09. The van der Waals surface area contributed by atoms with Crippen LogP contribution in [0.2, 0.25) is 0 Å². The maximum atomic E-state index is 13.3. The molecule has 0 heterocycles. The van der Waals surface area contributed by atoms with Crippen molar-refractivity contribution in [3.63, 3.8) is 0 Å². The summed E-state index contributed by atoms with van der Waals surface area (Å²) in [6, 6.07) is 4.35. The third-order valence-electron chi connectivity index (χ3n) is 6.44. The van der Waals surface area contributed by atoms with Gasteiger partial charge in [0.1, 0.15) is 0 Å². The van der Waals surface area contributed by atoms with E-state index in [1.165, 1.54) is 63.5 Å². The summed E-state index contributed by atoms with van der Waals surface area (Å²) < 4.78 is 26.2. The molecule has 0 amide bonds. The summed E-state index contributed by atoms with van der Waals surface area (Å²) in [6.45, 7) is 2.39. The van der Waals surface area contributed by atoms with Gasteiger partial charge in [-0.2, -0.15) is 0 Å². The van der Waals surface area contributed by atoms with E-state index in [-0.39, 0.29) is 0 Å². The average molecular weight is 320 g/mol. The predicted molar refractivity (Wildman–Crippen MR) is 91.2 cm³/mol. The maximum Gasteiger partial charge on any atom is 0.159 e. The third-order valence-corrected chi connectivity index (χ3v) is 6.44. The first-order valence-corrected chi connectivity index (χ1v) is 9.55. The third kappa shape index (κ3) is 4.55. The van der Waals surface area contributed by atoms with Gasteiger partial charge in [-0.1, -0.05) is 38.7 Å². The van der Waals surface area contributed by atoms with Crippen molar-refractivity contribution in [3.05, 3.63) is 35.4 Å². The molecule has 0 aliphatic heterocycles. The summed E-state index contributed by atoms with van der Waals surface area (Å²) in [6.07, 6.45) is 13.2. The molecule has 0 saturated heterocycles. The fourth-order valence-electron chi connectivity index (χ4n) is 4.77. The first-order valence-electron chi connectivity index (χ1n) is 9.55. The zero-order valence-electron chi connectivity index (χ0n) is 14.4. The molecule has 1 aromatic rings. The van der Waals surface area contributed by atoms with Crippen molar-refractivity contribution >= 4 is 0 Å². The Balaban J connectivity index is 1.41. The van der Waals surface area contributed by atoms with Gasteiger partial charge in [-0.3, -0.25) is 0 Å².